The Morgan fingerprint density at radius 2 is 1.88 bits per heavy atom. The van der Waals surface area contributed by atoms with E-state index in [1.54, 1.807) is 35.8 Å². The lowest BCUT2D eigenvalue weighted by atomic mass is 10.1. The quantitative estimate of drug-likeness (QED) is 0.815. The lowest BCUT2D eigenvalue weighted by molar-refractivity contribution is -0.125. The van der Waals surface area contributed by atoms with Crippen LogP contribution >= 0.6 is 0 Å². The molecule has 10 heteroatoms. The number of nitrogens with one attached hydrogen (secondary N) is 2. The van der Waals surface area contributed by atoms with E-state index in [4.69, 9.17) is 4.74 Å². The minimum Gasteiger partial charge on any atom is -0.452 e. The number of nitrogens with zero attached hydrogens (tertiary/aromatic N) is 1. The number of hydrogen-bond donors (Lipinski definition) is 2. The Balaban J connectivity index is 1.89. The summed E-state index contributed by atoms with van der Waals surface area (Å²) in [6.45, 7) is -2.41. The third-order valence-corrected chi connectivity index (χ3v) is 2.90. The second-order valence-electron chi connectivity index (χ2n) is 4.80. The van der Waals surface area contributed by atoms with Crippen LogP contribution < -0.4 is 10.6 Å². The molecule has 2 rings (SSSR count). The molecule has 0 radical (unpaired) electrons. The monoisotopic (exact) mass is 355 g/mol. The highest BCUT2D eigenvalue weighted by Crippen LogP contribution is 2.17. The second kappa shape index (κ2) is 7.60. The summed E-state index contributed by atoms with van der Waals surface area (Å²) in [4.78, 5) is 38.6. The highest BCUT2D eigenvalue weighted by molar-refractivity contribution is 6.04. The molecule has 7 nitrogen and oxygen atoms in total. The van der Waals surface area contributed by atoms with E-state index in [1.807, 2.05) is 0 Å². The number of rotatable bonds is 4. The van der Waals surface area contributed by atoms with Crippen molar-refractivity contribution in [1.82, 2.24) is 15.6 Å². The fraction of sp³-hybridized carbons (Fsp3) is 0.200. The molecule has 2 aromatic rings. The summed E-state index contributed by atoms with van der Waals surface area (Å²) in [7, 11) is 0. The van der Waals surface area contributed by atoms with E-state index >= 15 is 0 Å². The summed E-state index contributed by atoms with van der Waals surface area (Å²) in [6, 6.07) is 6.66. The molecule has 0 bridgehead atoms. The Labute approximate surface area is 139 Å². The van der Waals surface area contributed by atoms with Crippen molar-refractivity contribution in [1.29, 1.82) is 0 Å². The zero-order valence-corrected chi connectivity index (χ0v) is 12.6. The van der Waals surface area contributed by atoms with Crippen LogP contribution in [0.2, 0.25) is 0 Å². The van der Waals surface area contributed by atoms with Gasteiger partial charge in [0.2, 0.25) is 0 Å². The smallest absolute Gasteiger partial charge is 0.405 e. The van der Waals surface area contributed by atoms with Crippen LogP contribution in [0.4, 0.5) is 18.0 Å². The molecule has 1 aromatic carbocycles. The van der Waals surface area contributed by atoms with E-state index < -0.39 is 37.2 Å². The lowest BCUT2D eigenvalue weighted by Crippen LogP contribution is -2.44. The van der Waals surface area contributed by atoms with Gasteiger partial charge in [-0.05, 0) is 18.2 Å². The third kappa shape index (κ3) is 5.44. The van der Waals surface area contributed by atoms with Crippen molar-refractivity contribution in [2.75, 3.05) is 13.2 Å². The highest BCUT2D eigenvalue weighted by Gasteiger charge is 2.28. The number of carbonyl (C=O) groups excluding carboxylic acids is 3. The van der Waals surface area contributed by atoms with Gasteiger partial charge in [-0.25, -0.2) is 9.59 Å². The first kappa shape index (κ1) is 18.2. The molecule has 3 amide bonds. The topological polar surface area (TPSA) is 97.4 Å². The van der Waals surface area contributed by atoms with Crippen molar-refractivity contribution in [2.45, 2.75) is 6.18 Å². The van der Waals surface area contributed by atoms with Crippen LogP contribution in [0.1, 0.15) is 10.4 Å². The van der Waals surface area contributed by atoms with Crippen LogP contribution in [0.3, 0.4) is 0 Å². The van der Waals surface area contributed by atoms with Crippen LogP contribution in [0.15, 0.2) is 36.5 Å². The van der Waals surface area contributed by atoms with Crippen molar-refractivity contribution in [2.24, 2.45) is 0 Å². The number of halogens is 3. The van der Waals surface area contributed by atoms with Crippen molar-refractivity contribution in [3.63, 3.8) is 0 Å². The number of amides is 3. The minimum atomic E-state index is -4.60. The summed E-state index contributed by atoms with van der Waals surface area (Å²) in [5, 5.41) is 3.58. The summed E-state index contributed by atoms with van der Waals surface area (Å²) in [6.07, 6.45) is -3.06. The molecule has 132 valence electrons. The van der Waals surface area contributed by atoms with Crippen LogP contribution in [0.5, 0.6) is 0 Å². The fourth-order valence-corrected chi connectivity index (χ4v) is 1.88. The standard InChI is InChI=1S/C15H12F3N3O4/c16-15(17,18)8-20-14(24)21-12(22)7-25-13(23)10-3-1-5-11-9(10)4-2-6-19-11/h1-6H,7-8H2,(H2,20,21,22,24). The summed E-state index contributed by atoms with van der Waals surface area (Å²) in [5.41, 5.74) is 0.716. The minimum absolute atomic E-state index is 0.167. The van der Waals surface area contributed by atoms with Crippen molar-refractivity contribution in [3.8, 4) is 0 Å². The summed E-state index contributed by atoms with van der Waals surface area (Å²) in [5.74, 6) is -1.89. The van der Waals surface area contributed by atoms with Gasteiger partial charge in [-0.3, -0.25) is 15.1 Å². The molecule has 0 fully saturated rings. The first-order valence-electron chi connectivity index (χ1n) is 6.91. The molecule has 25 heavy (non-hydrogen) atoms. The first-order chi connectivity index (χ1) is 11.8. The highest BCUT2D eigenvalue weighted by atomic mass is 19.4. The van der Waals surface area contributed by atoms with Crippen LogP contribution in [0, 0.1) is 0 Å². The second-order valence-corrected chi connectivity index (χ2v) is 4.80. The fourth-order valence-electron chi connectivity index (χ4n) is 1.88. The molecular weight excluding hydrogens is 343 g/mol. The number of carbonyl (C=O) groups is 3. The van der Waals surface area contributed by atoms with Gasteiger partial charge in [0.1, 0.15) is 6.54 Å². The summed E-state index contributed by atoms with van der Waals surface area (Å²) < 4.78 is 40.5. The predicted octanol–water partition coefficient (Wildman–Crippen LogP) is 1.78. The molecule has 1 heterocycles. The van der Waals surface area contributed by atoms with Gasteiger partial charge in [0, 0.05) is 11.6 Å². The maximum Gasteiger partial charge on any atom is 0.405 e. The Bertz CT molecular complexity index is 803. The van der Waals surface area contributed by atoms with Crippen molar-refractivity contribution < 1.29 is 32.3 Å². The largest absolute Gasteiger partial charge is 0.452 e. The Kier molecular flexibility index (Phi) is 5.52. The molecule has 0 spiro atoms. The number of pyridine rings is 1. The first-order valence-corrected chi connectivity index (χ1v) is 6.91. The SMILES string of the molecule is O=C(COC(=O)c1cccc2ncccc12)NC(=O)NCC(F)(F)F. The van der Waals surface area contributed by atoms with E-state index in [-0.39, 0.29) is 5.56 Å². The number of hydrogen-bond acceptors (Lipinski definition) is 5. The molecule has 0 aliphatic carbocycles. The average molecular weight is 355 g/mol. The van der Waals surface area contributed by atoms with E-state index in [9.17, 15) is 27.6 Å². The van der Waals surface area contributed by atoms with Gasteiger partial charge >= 0.3 is 18.2 Å². The molecule has 0 aliphatic rings. The van der Waals surface area contributed by atoms with Crippen molar-refractivity contribution in [3.05, 3.63) is 42.1 Å². The number of aromatic nitrogens is 1. The molecule has 0 saturated carbocycles. The number of urea groups is 1. The van der Waals surface area contributed by atoms with Crippen LogP contribution in [-0.4, -0.2) is 42.2 Å². The number of ether oxygens (including phenoxy) is 1. The van der Waals surface area contributed by atoms with Gasteiger partial charge in [0.25, 0.3) is 5.91 Å². The van der Waals surface area contributed by atoms with Crippen LogP contribution in [-0.2, 0) is 9.53 Å². The average Bonchev–Trinajstić information content (AvgIpc) is 2.57. The molecule has 2 N–H and O–H groups in total. The van der Waals surface area contributed by atoms with Gasteiger partial charge in [0.15, 0.2) is 6.61 Å². The Morgan fingerprint density at radius 1 is 1.12 bits per heavy atom. The molecule has 0 atom stereocenters. The van der Waals surface area contributed by atoms with Gasteiger partial charge in [-0.2, -0.15) is 13.2 Å². The Hall–Kier alpha value is -3.17. The number of benzene rings is 1. The lowest BCUT2D eigenvalue weighted by Gasteiger charge is -2.09. The zero-order chi connectivity index (χ0) is 18.4. The van der Waals surface area contributed by atoms with E-state index in [1.165, 1.54) is 11.4 Å². The molecule has 0 saturated heterocycles. The van der Waals surface area contributed by atoms with E-state index in [0.29, 0.717) is 10.9 Å². The maximum atomic E-state index is 12.0. The van der Waals surface area contributed by atoms with E-state index in [0.717, 1.165) is 0 Å². The molecule has 1 aromatic heterocycles. The normalized spacial score (nSPS) is 11.0. The predicted molar refractivity (Wildman–Crippen MR) is 79.6 cm³/mol. The van der Waals surface area contributed by atoms with Gasteiger partial charge < -0.3 is 10.1 Å². The van der Waals surface area contributed by atoms with E-state index in [2.05, 4.69) is 4.98 Å². The van der Waals surface area contributed by atoms with Gasteiger partial charge in [-0.15, -0.1) is 0 Å². The molecular formula is C15H12F3N3O4. The molecule has 0 aliphatic heterocycles. The van der Waals surface area contributed by atoms with Gasteiger partial charge in [0.05, 0.1) is 11.1 Å². The number of imide groups is 1. The zero-order valence-electron chi connectivity index (χ0n) is 12.6. The number of alkyl halides is 3. The van der Waals surface area contributed by atoms with Crippen molar-refractivity contribution >= 4 is 28.8 Å². The Morgan fingerprint density at radius 3 is 2.60 bits per heavy atom. The third-order valence-electron chi connectivity index (χ3n) is 2.90. The number of fused-ring (bicyclic) bond motifs is 1. The molecule has 0 unspecified atom stereocenters. The number of esters is 1. The van der Waals surface area contributed by atoms with Gasteiger partial charge in [-0.1, -0.05) is 12.1 Å². The van der Waals surface area contributed by atoms with Crippen LogP contribution in [0.25, 0.3) is 10.9 Å². The maximum absolute atomic E-state index is 12.0. The summed E-state index contributed by atoms with van der Waals surface area (Å²) >= 11 is 0.